The Morgan fingerprint density at radius 2 is 1.81 bits per heavy atom. The molecule has 1 unspecified atom stereocenters. The Hall–Kier alpha value is -3.81. The molecule has 1 amide bonds. The molecule has 0 fully saturated rings. The van der Waals surface area contributed by atoms with Crippen molar-refractivity contribution in [1.82, 2.24) is 19.6 Å². The third-order valence-corrected chi connectivity index (χ3v) is 5.50. The average Bonchev–Trinajstić information content (AvgIpc) is 3.11. The smallest absolute Gasteiger partial charge is 0.295 e. The minimum Gasteiger partial charge on any atom is -0.324 e. The van der Waals surface area contributed by atoms with Crippen molar-refractivity contribution in [1.29, 1.82) is 0 Å². The minimum atomic E-state index is -0.862. The summed E-state index contributed by atoms with van der Waals surface area (Å²) in [5.74, 6) is -0.901. The number of aryl methyl sites for hydroxylation is 3. The lowest BCUT2D eigenvalue weighted by Crippen LogP contribution is -2.35. The van der Waals surface area contributed by atoms with Gasteiger partial charge in [-0.2, -0.15) is 10.2 Å². The van der Waals surface area contributed by atoms with Crippen LogP contribution in [-0.2, 0) is 4.79 Å². The summed E-state index contributed by atoms with van der Waals surface area (Å²) < 4.78 is 16.4. The first-order valence-electron chi connectivity index (χ1n) is 10.4. The van der Waals surface area contributed by atoms with Crippen molar-refractivity contribution >= 4 is 22.5 Å². The summed E-state index contributed by atoms with van der Waals surface area (Å²) in [5, 5.41) is 12.4. The maximum absolute atomic E-state index is 13.5. The first-order chi connectivity index (χ1) is 15.3. The van der Waals surface area contributed by atoms with E-state index in [9.17, 15) is 14.0 Å². The molecule has 0 bridgehead atoms. The van der Waals surface area contributed by atoms with Gasteiger partial charge >= 0.3 is 0 Å². The fourth-order valence-corrected chi connectivity index (χ4v) is 3.86. The van der Waals surface area contributed by atoms with Gasteiger partial charge in [-0.25, -0.2) is 13.8 Å². The Balaban J connectivity index is 1.78. The van der Waals surface area contributed by atoms with Crippen LogP contribution in [-0.4, -0.2) is 25.5 Å². The number of hydrogen-bond donors (Lipinski definition) is 1. The molecule has 2 heterocycles. The number of nitrogens with one attached hydrogen (secondary N) is 1. The Kier molecular flexibility index (Phi) is 5.61. The second-order valence-electron chi connectivity index (χ2n) is 7.82. The van der Waals surface area contributed by atoms with Gasteiger partial charge in [0.1, 0.15) is 11.9 Å². The third-order valence-electron chi connectivity index (χ3n) is 5.50. The molecule has 0 spiro atoms. The Morgan fingerprint density at radius 1 is 1.09 bits per heavy atom. The van der Waals surface area contributed by atoms with Gasteiger partial charge in [0.2, 0.25) is 5.91 Å². The van der Waals surface area contributed by atoms with E-state index in [-0.39, 0.29) is 5.52 Å². The van der Waals surface area contributed by atoms with Crippen molar-refractivity contribution in [2.24, 2.45) is 0 Å². The molecule has 7 nitrogen and oxygen atoms in total. The van der Waals surface area contributed by atoms with Crippen molar-refractivity contribution < 1.29 is 9.18 Å². The van der Waals surface area contributed by atoms with Crippen LogP contribution < -0.4 is 10.9 Å². The minimum absolute atomic E-state index is 0.257. The molecule has 1 N–H and O–H groups in total. The summed E-state index contributed by atoms with van der Waals surface area (Å²) in [5.41, 5.74) is 3.50. The van der Waals surface area contributed by atoms with Crippen LogP contribution in [0, 0.1) is 26.6 Å². The molecule has 0 radical (unpaired) electrons. The van der Waals surface area contributed by atoms with Crippen molar-refractivity contribution in [3.63, 3.8) is 0 Å². The number of carbonyl (C=O) groups excluding carboxylic acids is 1. The molecular weight excluding hydrogens is 409 g/mol. The van der Waals surface area contributed by atoms with E-state index in [1.165, 1.54) is 22.9 Å². The molecular formula is C24H24FN5O2. The van der Waals surface area contributed by atoms with E-state index in [0.717, 1.165) is 16.9 Å². The molecule has 164 valence electrons. The van der Waals surface area contributed by atoms with E-state index >= 15 is 0 Å². The van der Waals surface area contributed by atoms with E-state index in [4.69, 9.17) is 0 Å². The highest BCUT2D eigenvalue weighted by atomic mass is 19.1. The zero-order valence-electron chi connectivity index (χ0n) is 18.4. The third kappa shape index (κ3) is 3.79. The van der Waals surface area contributed by atoms with Crippen LogP contribution in [0.15, 0.2) is 53.3 Å². The van der Waals surface area contributed by atoms with Gasteiger partial charge in [-0.3, -0.25) is 9.59 Å². The lowest BCUT2D eigenvalue weighted by Gasteiger charge is -2.17. The van der Waals surface area contributed by atoms with E-state index in [1.54, 1.807) is 24.6 Å². The van der Waals surface area contributed by atoms with Gasteiger partial charge < -0.3 is 5.32 Å². The standard InChI is InChI=1S/C24H24FN5O2/c1-5-20(23(31)26-18-8-6-7-17(25)13-18)30-24(32)22-21(15(3)27-30)16(4)29(28-22)19-11-9-14(2)10-12-19/h6-13,20H,5H2,1-4H3,(H,26,31). The largest absolute Gasteiger partial charge is 0.324 e. The molecule has 0 saturated carbocycles. The number of amides is 1. The summed E-state index contributed by atoms with van der Waals surface area (Å²) in [6.07, 6.45) is 0.330. The first-order valence-corrected chi connectivity index (χ1v) is 10.4. The van der Waals surface area contributed by atoms with Gasteiger partial charge in [0.25, 0.3) is 5.56 Å². The number of fused-ring (bicyclic) bond motifs is 1. The highest BCUT2D eigenvalue weighted by Crippen LogP contribution is 2.23. The van der Waals surface area contributed by atoms with Crippen molar-refractivity contribution in [2.45, 2.75) is 40.2 Å². The number of aromatic nitrogens is 4. The molecule has 32 heavy (non-hydrogen) atoms. The molecule has 0 aliphatic rings. The van der Waals surface area contributed by atoms with Gasteiger partial charge in [-0.05, 0) is 57.5 Å². The van der Waals surface area contributed by atoms with Crippen molar-refractivity contribution in [3.05, 3.63) is 81.7 Å². The molecule has 0 aliphatic carbocycles. The summed E-state index contributed by atoms with van der Waals surface area (Å²) in [6, 6.07) is 12.6. The maximum Gasteiger partial charge on any atom is 0.295 e. The highest BCUT2D eigenvalue weighted by molar-refractivity contribution is 5.94. The number of carbonyl (C=O) groups is 1. The fraction of sp³-hybridized carbons (Fsp3) is 0.250. The predicted molar refractivity (Wildman–Crippen MR) is 122 cm³/mol. The Labute approximate surface area is 184 Å². The maximum atomic E-state index is 13.5. The number of nitrogens with zero attached hydrogens (tertiary/aromatic N) is 4. The van der Waals surface area contributed by atoms with Gasteiger partial charge in [-0.1, -0.05) is 30.7 Å². The number of halogens is 1. The highest BCUT2D eigenvalue weighted by Gasteiger charge is 2.25. The van der Waals surface area contributed by atoms with Gasteiger partial charge in [0, 0.05) is 5.69 Å². The van der Waals surface area contributed by atoms with E-state index < -0.39 is 23.3 Å². The normalized spacial score (nSPS) is 12.2. The molecule has 2 aromatic heterocycles. The summed E-state index contributed by atoms with van der Waals surface area (Å²) in [4.78, 5) is 26.2. The van der Waals surface area contributed by atoms with Gasteiger partial charge in [0.05, 0.1) is 22.5 Å². The zero-order valence-corrected chi connectivity index (χ0v) is 18.4. The Morgan fingerprint density at radius 3 is 2.47 bits per heavy atom. The SMILES string of the molecule is CCC(C(=O)Nc1cccc(F)c1)n1nc(C)c2c(C)n(-c3ccc(C)cc3)nc2c1=O. The molecule has 2 aromatic carbocycles. The Bertz CT molecular complexity index is 1370. The van der Waals surface area contributed by atoms with E-state index in [0.29, 0.717) is 23.2 Å². The van der Waals surface area contributed by atoms with Gasteiger partial charge in [-0.15, -0.1) is 0 Å². The van der Waals surface area contributed by atoms with Crippen LogP contribution in [0.5, 0.6) is 0 Å². The first kappa shape index (κ1) is 21.4. The molecule has 4 aromatic rings. The zero-order chi connectivity index (χ0) is 23.0. The summed E-state index contributed by atoms with van der Waals surface area (Å²) in [6.45, 7) is 7.48. The van der Waals surface area contributed by atoms with Crippen molar-refractivity contribution in [3.8, 4) is 5.69 Å². The molecule has 1 atom stereocenters. The molecule has 0 saturated heterocycles. The lowest BCUT2D eigenvalue weighted by atomic mass is 10.1. The van der Waals surface area contributed by atoms with Crippen LogP contribution >= 0.6 is 0 Å². The van der Waals surface area contributed by atoms with Crippen molar-refractivity contribution in [2.75, 3.05) is 5.32 Å². The second kappa shape index (κ2) is 8.37. The molecule has 8 heteroatoms. The fourth-order valence-electron chi connectivity index (χ4n) is 3.86. The van der Waals surface area contributed by atoms with E-state index in [1.807, 2.05) is 38.1 Å². The average molecular weight is 433 g/mol. The quantitative estimate of drug-likeness (QED) is 0.511. The lowest BCUT2D eigenvalue weighted by molar-refractivity contribution is -0.119. The van der Waals surface area contributed by atoms with Crippen LogP contribution in [0.1, 0.15) is 36.3 Å². The number of benzene rings is 2. The summed E-state index contributed by atoms with van der Waals surface area (Å²) >= 11 is 0. The molecule has 0 aliphatic heterocycles. The van der Waals surface area contributed by atoms with Crippen LogP contribution in [0.2, 0.25) is 0 Å². The van der Waals surface area contributed by atoms with Crippen LogP contribution in [0.4, 0.5) is 10.1 Å². The topological polar surface area (TPSA) is 81.8 Å². The number of anilines is 1. The number of hydrogen-bond acceptors (Lipinski definition) is 4. The van der Waals surface area contributed by atoms with Crippen LogP contribution in [0.3, 0.4) is 0 Å². The van der Waals surface area contributed by atoms with Crippen LogP contribution in [0.25, 0.3) is 16.6 Å². The monoisotopic (exact) mass is 433 g/mol. The van der Waals surface area contributed by atoms with Gasteiger partial charge in [0.15, 0.2) is 5.52 Å². The number of rotatable bonds is 5. The summed E-state index contributed by atoms with van der Waals surface area (Å²) in [7, 11) is 0. The predicted octanol–water partition coefficient (Wildman–Crippen LogP) is 4.24. The second-order valence-corrected chi connectivity index (χ2v) is 7.82. The molecule has 4 rings (SSSR count). The van der Waals surface area contributed by atoms with E-state index in [2.05, 4.69) is 15.5 Å².